The van der Waals surface area contributed by atoms with E-state index in [1.165, 1.54) is 0 Å². The molecule has 0 unspecified atom stereocenters. The average Bonchev–Trinajstić information content (AvgIpc) is 2.78. The Labute approximate surface area is 191 Å². The summed E-state index contributed by atoms with van der Waals surface area (Å²) in [6, 6.07) is 3.83. The maximum atomic E-state index is 12.9. The van der Waals surface area contributed by atoms with Crippen LogP contribution < -0.4 is 10.6 Å². The summed E-state index contributed by atoms with van der Waals surface area (Å²) in [6.07, 6.45) is 6.97. The number of amides is 2. The maximum absolute atomic E-state index is 12.9. The van der Waals surface area contributed by atoms with Crippen molar-refractivity contribution in [3.63, 3.8) is 0 Å². The Hall–Kier alpha value is -1.99. The molecule has 7 nitrogen and oxygen atoms in total. The van der Waals surface area contributed by atoms with Crippen LogP contribution in [-0.2, 0) is 20.9 Å². The fraction of sp³-hybridized carbons (Fsp3) is 0.720. The lowest BCUT2D eigenvalue weighted by Crippen LogP contribution is -2.58. The Morgan fingerprint density at radius 1 is 1.34 bits per heavy atom. The Morgan fingerprint density at radius 3 is 2.78 bits per heavy atom. The number of ether oxygens (including phenoxy) is 1. The van der Waals surface area contributed by atoms with E-state index in [1.54, 1.807) is 19.5 Å². The van der Waals surface area contributed by atoms with Gasteiger partial charge in [0.25, 0.3) is 0 Å². The van der Waals surface area contributed by atoms with E-state index in [0.29, 0.717) is 19.6 Å². The molecular weight excluding hydrogens is 406 g/mol. The van der Waals surface area contributed by atoms with Gasteiger partial charge in [0, 0.05) is 44.4 Å². The largest absolute Gasteiger partial charge is 0.392 e. The molecule has 32 heavy (non-hydrogen) atoms. The van der Waals surface area contributed by atoms with Gasteiger partial charge in [0.1, 0.15) is 0 Å². The van der Waals surface area contributed by atoms with Crippen molar-refractivity contribution >= 4 is 11.8 Å². The highest BCUT2D eigenvalue weighted by molar-refractivity contribution is 5.78. The van der Waals surface area contributed by atoms with Crippen molar-refractivity contribution in [1.29, 1.82) is 0 Å². The third-order valence-electron chi connectivity index (χ3n) is 8.01. The molecule has 178 valence electrons. The van der Waals surface area contributed by atoms with E-state index in [9.17, 15) is 14.7 Å². The number of methoxy groups -OCH3 is 1. The molecule has 1 aromatic heterocycles. The van der Waals surface area contributed by atoms with Gasteiger partial charge in [-0.15, -0.1) is 0 Å². The van der Waals surface area contributed by atoms with Crippen LogP contribution in [0, 0.1) is 29.1 Å². The quantitative estimate of drug-likeness (QED) is 0.571. The number of carbonyl (C=O) groups is 2. The van der Waals surface area contributed by atoms with E-state index in [0.717, 1.165) is 31.2 Å². The van der Waals surface area contributed by atoms with Gasteiger partial charge in [0.15, 0.2) is 0 Å². The van der Waals surface area contributed by atoms with E-state index < -0.39 is 6.10 Å². The van der Waals surface area contributed by atoms with Crippen molar-refractivity contribution in [2.45, 2.75) is 71.6 Å². The van der Waals surface area contributed by atoms with Gasteiger partial charge in [-0.1, -0.05) is 26.8 Å². The number of hydrogen-bond acceptors (Lipinski definition) is 5. The molecule has 0 spiro atoms. The fourth-order valence-electron chi connectivity index (χ4n) is 6.02. The number of aliphatic hydroxyl groups is 1. The summed E-state index contributed by atoms with van der Waals surface area (Å²) in [7, 11) is 1.59. The Morgan fingerprint density at radius 2 is 2.09 bits per heavy atom. The second-order valence-corrected chi connectivity index (χ2v) is 10.1. The zero-order valence-corrected chi connectivity index (χ0v) is 19.8. The normalized spacial score (nSPS) is 33.1. The summed E-state index contributed by atoms with van der Waals surface area (Å²) in [6.45, 7) is 7.18. The predicted octanol–water partition coefficient (Wildman–Crippen LogP) is 2.68. The molecule has 7 heteroatoms. The SMILES string of the molecule is COCCC(=O)N[C@H]1CC[C@@]2(C)CC[C@H]([C@H](C)C(=O)NCc3cccnc3)[C@H](O)[C@H]2[C@H]1C. The highest BCUT2D eigenvalue weighted by Crippen LogP contribution is 2.55. The standard InChI is InChI=1S/C25H39N3O4/c1-16(24(31)27-15-18-6-5-12-26-14-18)19-7-10-25(3)11-8-20(17(2)22(25)23(19)30)28-21(29)9-13-32-4/h5-6,12,14,16-17,19-20,22-23,30H,7-11,13,15H2,1-4H3,(H,27,31)(H,28,29)/t16-,17-,19+,20-,22+,23-,25+/m0/s1. The number of fused-ring (bicyclic) bond motifs is 1. The van der Waals surface area contributed by atoms with Crippen LogP contribution in [0.15, 0.2) is 24.5 Å². The second-order valence-electron chi connectivity index (χ2n) is 10.1. The van der Waals surface area contributed by atoms with Crippen molar-refractivity contribution in [2.24, 2.45) is 29.1 Å². The van der Waals surface area contributed by atoms with Crippen LogP contribution in [0.4, 0.5) is 0 Å². The molecule has 1 aromatic rings. The van der Waals surface area contributed by atoms with Crippen molar-refractivity contribution in [3.8, 4) is 0 Å². The summed E-state index contributed by atoms with van der Waals surface area (Å²) < 4.78 is 5.02. The first kappa shape index (κ1) is 24.6. The summed E-state index contributed by atoms with van der Waals surface area (Å²) in [5.41, 5.74) is 0.993. The number of carbonyl (C=O) groups excluding carboxylic acids is 2. The van der Waals surface area contributed by atoms with Crippen LogP contribution in [-0.4, -0.2) is 47.8 Å². The fourth-order valence-corrected chi connectivity index (χ4v) is 6.02. The van der Waals surface area contributed by atoms with E-state index in [4.69, 9.17) is 4.74 Å². The number of hydrogen-bond donors (Lipinski definition) is 3. The minimum absolute atomic E-state index is 0.00250. The number of nitrogens with zero attached hydrogens (tertiary/aromatic N) is 1. The maximum Gasteiger partial charge on any atom is 0.223 e. The van der Waals surface area contributed by atoms with Crippen molar-refractivity contribution in [1.82, 2.24) is 15.6 Å². The smallest absolute Gasteiger partial charge is 0.223 e. The summed E-state index contributed by atoms with van der Waals surface area (Å²) in [4.78, 5) is 29.2. The molecule has 2 aliphatic rings. The van der Waals surface area contributed by atoms with E-state index in [2.05, 4.69) is 29.5 Å². The predicted molar refractivity (Wildman–Crippen MR) is 122 cm³/mol. The van der Waals surface area contributed by atoms with Gasteiger partial charge in [-0.2, -0.15) is 0 Å². The highest BCUT2D eigenvalue weighted by Gasteiger charge is 2.53. The zero-order valence-electron chi connectivity index (χ0n) is 19.8. The van der Waals surface area contributed by atoms with Gasteiger partial charge in [0.05, 0.1) is 12.7 Å². The Kier molecular flexibility index (Phi) is 8.28. The minimum Gasteiger partial charge on any atom is -0.392 e. The monoisotopic (exact) mass is 445 g/mol. The highest BCUT2D eigenvalue weighted by atomic mass is 16.5. The van der Waals surface area contributed by atoms with Crippen LogP contribution in [0.3, 0.4) is 0 Å². The molecule has 7 atom stereocenters. The van der Waals surface area contributed by atoms with Crippen molar-refractivity contribution in [3.05, 3.63) is 30.1 Å². The molecule has 0 saturated heterocycles. The topological polar surface area (TPSA) is 101 Å². The molecule has 2 amide bonds. The number of nitrogens with one attached hydrogen (secondary N) is 2. The first-order valence-corrected chi connectivity index (χ1v) is 11.9. The van der Waals surface area contributed by atoms with Crippen molar-refractivity contribution < 1.29 is 19.4 Å². The third kappa shape index (κ3) is 5.49. The van der Waals surface area contributed by atoms with Gasteiger partial charge >= 0.3 is 0 Å². The lowest BCUT2D eigenvalue weighted by Gasteiger charge is -2.56. The van der Waals surface area contributed by atoms with Gasteiger partial charge in [-0.25, -0.2) is 0 Å². The number of rotatable bonds is 8. The number of pyridine rings is 1. The zero-order chi connectivity index (χ0) is 23.3. The second kappa shape index (κ2) is 10.8. The molecule has 2 aliphatic carbocycles. The van der Waals surface area contributed by atoms with Crippen LogP contribution in [0.1, 0.15) is 58.4 Å². The van der Waals surface area contributed by atoms with Gasteiger partial charge < -0.3 is 20.5 Å². The third-order valence-corrected chi connectivity index (χ3v) is 8.01. The Bertz CT molecular complexity index is 774. The van der Waals surface area contributed by atoms with Gasteiger partial charge in [-0.05, 0) is 60.5 Å². The van der Waals surface area contributed by atoms with Crippen LogP contribution in [0.5, 0.6) is 0 Å². The number of aromatic nitrogens is 1. The van der Waals surface area contributed by atoms with Gasteiger partial charge in [-0.3, -0.25) is 14.6 Å². The molecule has 0 bridgehead atoms. The molecule has 2 saturated carbocycles. The van der Waals surface area contributed by atoms with E-state index in [-0.39, 0.29) is 46.9 Å². The average molecular weight is 446 g/mol. The molecule has 3 N–H and O–H groups in total. The molecule has 3 rings (SSSR count). The summed E-state index contributed by atoms with van der Waals surface area (Å²) >= 11 is 0. The van der Waals surface area contributed by atoms with Crippen LogP contribution in [0.2, 0.25) is 0 Å². The van der Waals surface area contributed by atoms with Crippen molar-refractivity contribution in [2.75, 3.05) is 13.7 Å². The van der Waals surface area contributed by atoms with Crippen LogP contribution >= 0.6 is 0 Å². The summed E-state index contributed by atoms with van der Waals surface area (Å²) in [5, 5.41) is 17.6. The summed E-state index contributed by atoms with van der Waals surface area (Å²) in [5.74, 6) is -0.214. The molecule has 1 heterocycles. The first-order chi connectivity index (χ1) is 15.3. The molecule has 0 radical (unpaired) electrons. The van der Waals surface area contributed by atoms with Crippen LogP contribution in [0.25, 0.3) is 0 Å². The molecule has 0 aliphatic heterocycles. The van der Waals surface area contributed by atoms with E-state index >= 15 is 0 Å². The Balaban J connectivity index is 1.64. The first-order valence-electron chi connectivity index (χ1n) is 11.9. The van der Waals surface area contributed by atoms with Gasteiger partial charge in [0.2, 0.25) is 11.8 Å². The van der Waals surface area contributed by atoms with E-state index in [1.807, 2.05) is 19.1 Å². The minimum atomic E-state index is -0.568. The lowest BCUT2D eigenvalue weighted by molar-refractivity contribution is -0.144. The molecular formula is C25H39N3O4. The number of aliphatic hydroxyl groups excluding tert-OH is 1. The molecule has 2 fully saturated rings. The molecule has 0 aromatic carbocycles. The lowest BCUT2D eigenvalue weighted by atomic mass is 9.51.